The molecule has 25 heavy (non-hydrogen) atoms. The summed E-state index contributed by atoms with van der Waals surface area (Å²) in [6.07, 6.45) is 5.42. The Morgan fingerprint density at radius 3 is 2.48 bits per heavy atom. The van der Waals surface area contributed by atoms with Crippen molar-refractivity contribution in [2.75, 3.05) is 0 Å². The zero-order valence-corrected chi connectivity index (χ0v) is 14.6. The fourth-order valence-electron chi connectivity index (χ4n) is 3.45. The summed E-state index contributed by atoms with van der Waals surface area (Å²) in [7, 11) is 0. The first-order chi connectivity index (χ1) is 11.7. The van der Waals surface area contributed by atoms with Crippen LogP contribution in [0.1, 0.15) is 73.6 Å². The van der Waals surface area contributed by atoms with Gasteiger partial charge >= 0.3 is 0 Å². The molecule has 0 radical (unpaired) electrons. The zero-order valence-electron chi connectivity index (χ0n) is 14.6. The van der Waals surface area contributed by atoms with Crippen LogP contribution in [0.2, 0.25) is 0 Å². The van der Waals surface area contributed by atoms with Gasteiger partial charge in [0.2, 0.25) is 11.8 Å². The number of carbonyl (C=O) groups excluding carboxylic acids is 3. The van der Waals surface area contributed by atoms with E-state index in [1.165, 1.54) is 0 Å². The first kappa shape index (κ1) is 17.3. The van der Waals surface area contributed by atoms with Crippen LogP contribution in [0.4, 0.5) is 0 Å². The van der Waals surface area contributed by atoms with E-state index in [2.05, 4.69) is 30.2 Å². The predicted octanol–water partition coefficient (Wildman–Crippen LogP) is 2.29. The van der Waals surface area contributed by atoms with Crippen molar-refractivity contribution >= 4 is 23.3 Å². The summed E-state index contributed by atoms with van der Waals surface area (Å²) in [5.41, 5.74) is 8.44. The number of carbonyl (C=O) groups is 3. The lowest BCUT2D eigenvalue weighted by molar-refractivity contribution is -0.133. The monoisotopic (exact) mass is 341 g/mol. The fraction of sp³-hybridized carbons (Fsp3) is 0.474. The molecule has 2 heterocycles. The largest absolute Gasteiger partial charge is 0.366 e. The van der Waals surface area contributed by atoms with E-state index in [0.29, 0.717) is 5.69 Å². The van der Waals surface area contributed by atoms with E-state index in [4.69, 9.17) is 5.73 Å². The Morgan fingerprint density at radius 2 is 1.92 bits per heavy atom. The van der Waals surface area contributed by atoms with Gasteiger partial charge in [0.05, 0.1) is 17.0 Å². The summed E-state index contributed by atoms with van der Waals surface area (Å²) in [6, 6.07) is 3.47. The van der Waals surface area contributed by atoms with Crippen LogP contribution >= 0.6 is 0 Å². The number of pyridine rings is 1. The quantitative estimate of drug-likeness (QED) is 0.823. The van der Waals surface area contributed by atoms with Gasteiger partial charge in [-0.15, -0.1) is 0 Å². The molecule has 3 amide bonds. The standard InChI is InChI=1S/C19H23N3O3/c1-19(2)7-5-11(6-8-19)14-4-3-13(18(20)25)17(21-14)12-9-15(23)22-16(24)10-12/h3-5,12H,6-10H2,1-2H3,(H2,20,25)(H,22,23,24). The SMILES string of the molecule is CC1(C)CC=C(c2ccc(C(N)=O)c(C3CC(=O)NC(=O)C3)n2)CC1. The molecule has 1 aliphatic carbocycles. The van der Waals surface area contributed by atoms with Crippen molar-refractivity contribution in [1.29, 1.82) is 0 Å². The molecule has 0 saturated carbocycles. The second kappa shape index (κ2) is 6.43. The molecule has 0 spiro atoms. The average molecular weight is 341 g/mol. The van der Waals surface area contributed by atoms with E-state index in [1.807, 2.05) is 0 Å². The molecule has 1 fully saturated rings. The molecule has 1 aromatic heterocycles. The number of nitrogens with zero attached hydrogens (tertiary/aromatic N) is 1. The van der Waals surface area contributed by atoms with Gasteiger partial charge in [-0.1, -0.05) is 19.9 Å². The molecule has 1 saturated heterocycles. The normalized spacial score (nSPS) is 20.8. The molecule has 6 heteroatoms. The second-order valence-electron chi connectivity index (χ2n) is 7.67. The molecular formula is C19H23N3O3. The summed E-state index contributed by atoms with van der Waals surface area (Å²) >= 11 is 0. The van der Waals surface area contributed by atoms with Gasteiger partial charge in [-0.3, -0.25) is 24.7 Å². The van der Waals surface area contributed by atoms with Crippen LogP contribution in [0.25, 0.3) is 5.57 Å². The maximum Gasteiger partial charge on any atom is 0.250 e. The fourth-order valence-corrected chi connectivity index (χ4v) is 3.45. The Kier molecular flexibility index (Phi) is 4.45. The van der Waals surface area contributed by atoms with Crippen molar-refractivity contribution in [1.82, 2.24) is 10.3 Å². The van der Waals surface area contributed by atoms with Crippen LogP contribution in [0, 0.1) is 5.41 Å². The summed E-state index contributed by atoms with van der Waals surface area (Å²) in [4.78, 5) is 39.9. The van der Waals surface area contributed by atoms with Gasteiger partial charge in [0.25, 0.3) is 5.91 Å². The van der Waals surface area contributed by atoms with E-state index in [-0.39, 0.29) is 35.6 Å². The topological polar surface area (TPSA) is 102 Å². The lowest BCUT2D eigenvalue weighted by Gasteiger charge is -2.29. The van der Waals surface area contributed by atoms with Gasteiger partial charge in [-0.2, -0.15) is 0 Å². The molecule has 0 atom stereocenters. The maximum atomic E-state index is 11.8. The van der Waals surface area contributed by atoms with Crippen LogP contribution in [0.15, 0.2) is 18.2 Å². The number of amides is 3. The smallest absolute Gasteiger partial charge is 0.250 e. The number of primary amides is 1. The Hall–Kier alpha value is -2.50. The van der Waals surface area contributed by atoms with Crippen molar-refractivity contribution in [2.45, 2.75) is 51.9 Å². The molecule has 0 unspecified atom stereocenters. The lowest BCUT2D eigenvalue weighted by Crippen LogP contribution is -2.38. The Bertz CT molecular complexity index is 764. The average Bonchev–Trinajstić information content (AvgIpc) is 2.53. The van der Waals surface area contributed by atoms with E-state index < -0.39 is 11.8 Å². The number of piperidine rings is 1. The van der Waals surface area contributed by atoms with Gasteiger partial charge in [0, 0.05) is 18.8 Å². The third-order valence-electron chi connectivity index (χ3n) is 5.02. The summed E-state index contributed by atoms with van der Waals surface area (Å²) in [5.74, 6) is -1.69. The van der Waals surface area contributed by atoms with Crippen LogP contribution < -0.4 is 11.1 Å². The number of nitrogens with one attached hydrogen (secondary N) is 1. The van der Waals surface area contributed by atoms with E-state index in [1.54, 1.807) is 12.1 Å². The first-order valence-corrected chi connectivity index (χ1v) is 8.58. The van der Waals surface area contributed by atoms with Crippen molar-refractivity contribution in [2.24, 2.45) is 11.1 Å². The van der Waals surface area contributed by atoms with E-state index in [0.717, 1.165) is 30.5 Å². The number of rotatable bonds is 3. The predicted molar refractivity (Wildman–Crippen MR) is 93.5 cm³/mol. The minimum absolute atomic E-state index is 0.133. The van der Waals surface area contributed by atoms with Crippen molar-refractivity contribution < 1.29 is 14.4 Å². The molecule has 1 aliphatic heterocycles. The van der Waals surface area contributed by atoms with Crippen molar-refractivity contribution in [3.63, 3.8) is 0 Å². The molecule has 3 N–H and O–H groups in total. The highest BCUT2D eigenvalue weighted by molar-refractivity contribution is 5.99. The molecule has 132 valence electrons. The number of hydrogen-bond acceptors (Lipinski definition) is 4. The number of hydrogen-bond donors (Lipinski definition) is 2. The van der Waals surface area contributed by atoms with Gasteiger partial charge < -0.3 is 5.73 Å². The van der Waals surface area contributed by atoms with E-state index in [9.17, 15) is 14.4 Å². The third kappa shape index (κ3) is 3.78. The van der Waals surface area contributed by atoms with Crippen LogP contribution in [0.5, 0.6) is 0 Å². The highest BCUT2D eigenvalue weighted by Gasteiger charge is 2.31. The summed E-state index contributed by atoms with van der Waals surface area (Å²) in [5, 5.41) is 2.28. The molecule has 6 nitrogen and oxygen atoms in total. The van der Waals surface area contributed by atoms with Crippen molar-refractivity contribution in [3.8, 4) is 0 Å². The van der Waals surface area contributed by atoms with Crippen LogP contribution in [0.3, 0.4) is 0 Å². The molecule has 1 aromatic rings. The van der Waals surface area contributed by atoms with Gasteiger partial charge in [0.1, 0.15) is 0 Å². The zero-order chi connectivity index (χ0) is 18.2. The Labute approximate surface area is 146 Å². The molecule has 3 rings (SSSR count). The van der Waals surface area contributed by atoms with Crippen LogP contribution in [-0.4, -0.2) is 22.7 Å². The summed E-state index contributed by atoms with van der Waals surface area (Å²) in [6.45, 7) is 4.48. The molecule has 0 bridgehead atoms. The molecular weight excluding hydrogens is 318 g/mol. The first-order valence-electron chi connectivity index (χ1n) is 8.58. The van der Waals surface area contributed by atoms with E-state index >= 15 is 0 Å². The van der Waals surface area contributed by atoms with Crippen molar-refractivity contribution in [3.05, 3.63) is 35.2 Å². The highest BCUT2D eigenvalue weighted by Crippen LogP contribution is 2.38. The number of nitrogens with two attached hydrogens (primary N) is 1. The maximum absolute atomic E-state index is 11.8. The molecule has 0 aromatic carbocycles. The van der Waals surface area contributed by atoms with Crippen LogP contribution in [-0.2, 0) is 9.59 Å². The highest BCUT2D eigenvalue weighted by atomic mass is 16.2. The Morgan fingerprint density at radius 1 is 1.24 bits per heavy atom. The van der Waals surface area contributed by atoms with Gasteiger partial charge in [-0.25, -0.2) is 0 Å². The summed E-state index contributed by atoms with van der Waals surface area (Å²) < 4.78 is 0. The number of aromatic nitrogens is 1. The number of imide groups is 1. The van der Waals surface area contributed by atoms with Gasteiger partial charge in [-0.05, 0) is 42.4 Å². The lowest BCUT2D eigenvalue weighted by atomic mass is 9.77. The second-order valence-corrected chi connectivity index (χ2v) is 7.67. The minimum atomic E-state index is -0.591. The molecule has 2 aliphatic rings. The van der Waals surface area contributed by atoms with Gasteiger partial charge in [0.15, 0.2) is 0 Å². The third-order valence-corrected chi connectivity index (χ3v) is 5.02. The minimum Gasteiger partial charge on any atom is -0.366 e. The number of allylic oxidation sites excluding steroid dienone is 2. The Balaban J connectivity index is 1.98.